The number of hydrogen-bond acceptors (Lipinski definition) is 3. The highest BCUT2D eigenvalue weighted by atomic mass is 16.6. The number of rotatable bonds is 2. The molecule has 3 aliphatic carbocycles. The second kappa shape index (κ2) is 4.19. The van der Waals surface area contributed by atoms with Crippen molar-refractivity contribution in [1.82, 2.24) is 5.32 Å². The van der Waals surface area contributed by atoms with Crippen LogP contribution in [0, 0.1) is 27.6 Å². The van der Waals surface area contributed by atoms with Crippen LogP contribution in [-0.2, 0) is 14.3 Å². The van der Waals surface area contributed by atoms with Crippen LogP contribution in [0.1, 0.15) is 73.6 Å². The third-order valence-corrected chi connectivity index (χ3v) is 9.55. The number of ether oxygens (including phenoxy) is 1. The van der Waals surface area contributed by atoms with Gasteiger partial charge in [0.15, 0.2) is 5.60 Å². The van der Waals surface area contributed by atoms with E-state index in [1.165, 1.54) is 12.8 Å². The van der Waals surface area contributed by atoms with Gasteiger partial charge < -0.3 is 10.1 Å². The molecule has 1 unspecified atom stereocenters. The lowest BCUT2D eigenvalue weighted by atomic mass is 9.65. The first-order chi connectivity index (χ1) is 10.9. The Kier molecular flexibility index (Phi) is 2.86. The molecular formula is C20H31NO3. The van der Waals surface area contributed by atoms with Crippen LogP contribution in [0.4, 0.5) is 0 Å². The van der Waals surface area contributed by atoms with E-state index in [4.69, 9.17) is 4.74 Å². The monoisotopic (exact) mass is 333 g/mol. The lowest BCUT2D eigenvalue weighted by molar-refractivity contribution is -0.169. The predicted octanol–water partition coefficient (Wildman–Crippen LogP) is 3.44. The maximum absolute atomic E-state index is 13.3. The topological polar surface area (TPSA) is 55.4 Å². The molecule has 1 N–H and O–H groups in total. The molecule has 0 radical (unpaired) electrons. The molecule has 1 aliphatic heterocycles. The first-order valence-corrected chi connectivity index (χ1v) is 9.47. The number of nitrogens with one attached hydrogen (secondary N) is 1. The molecule has 0 aromatic carbocycles. The lowest BCUT2D eigenvalue weighted by Gasteiger charge is -2.42. The van der Waals surface area contributed by atoms with E-state index >= 15 is 0 Å². The van der Waals surface area contributed by atoms with Crippen LogP contribution in [0.5, 0.6) is 0 Å². The average molecular weight is 333 g/mol. The van der Waals surface area contributed by atoms with E-state index < -0.39 is 16.4 Å². The normalized spacial score (nSPS) is 50.2. The zero-order valence-corrected chi connectivity index (χ0v) is 15.9. The fourth-order valence-electron chi connectivity index (χ4n) is 6.44. The summed E-state index contributed by atoms with van der Waals surface area (Å²) in [5.41, 5.74) is -1.59. The average Bonchev–Trinajstić information content (AvgIpc) is 2.97. The molecule has 5 atom stereocenters. The number of esters is 1. The van der Waals surface area contributed by atoms with E-state index in [-0.39, 0.29) is 28.7 Å². The Morgan fingerprint density at radius 1 is 1.08 bits per heavy atom. The van der Waals surface area contributed by atoms with E-state index in [9.17, 15) is 9.59 Å². The SMILES string of the molecule is CC1(C)[C@]2(C)CC[C@]1(C(=O)N[C@@H]1CC3CC[C@@]1(C)C3(C)C)OC2=O. The molecule has 0 spiro atoms. The van der Waals surface area contributed by atoms with Gasteiger partial charge in [0.2, 0.25) is 0 Å². The summed E-state index contributed by atoms with van der Waals surface area (Å²) in [6, 6.07) is 0.190. The van der Waals surface area contributed by atoms with Gasteiger partial charge in [-0.1, -0.05) is 34.6 Å². The van der Waals surface area contributed by atoms with Crippen LogP contribution >= 0.6 is 0 Å². The van der Waals surface area contributed by atoms with Crippen LogP contribution < -0.4 is 5.32 Å². The Bertz CT molecular complexity index is 639. The summed E-state index contributed by atoms with van der Waals surface area (Å²) >= 11 is 0. The highest BCUT2D eigenvalue weighted by Crippen LogP contribution is 2.67. The highest BCUT2D eigenvalue weighted by molar-refractivity contribution is 5.96. The van der Waals surface area contributed by atoms with Crippen molar-refractivity contribution in [2.24, 2.45) is 27.6 Å². The van der Waals surface area contributed by atoms with Gasteiger partial charge in [0.25, 0.3) is 5.91 Å². The molecule has 4 bridgehead atoms. The van der Waals surface area contributed by atoms with Crippen molar-refractivity contribution in [3.05, 3.63) is 0 Å². The Morgan fingerprint density at radius 2 is 1.75 bits per heavy atom. The van der Waals surface area contributed by atoms with Crippen molar-refractivity contribution in [3.63, 3.8) is 0 Å². The fourth-order valence-corrected chi connectivity index (χ4v) is 6.44. The summed E-state index contributed by atoms with van der Waals surface area (Å²) < 4.78 is 5.75. The molecule has 1 amide bonds. The van der Waals surface area contributed by atoms with E-state index in [1.807, 2.05) is 20.8 Å². The smallest absolute Gasteiger partial charge is 0.313 e. The minimum atomic E-state index is -0.985. The summed E-state index contributed by atoms with van der Waals surface area (Å²) in [5, 5.41) is 3.34. The first kappa shape index (κ1) is 16.4. The van der Waals surface area contributed by atoms with E-state index in [0.717, 1.165) is 12.8 Å². The molecule has 4 rings (SSSR count). The van der Waals surface area contributed by atoms with Crippen molar-refractivity contribution in [2.45, 2.75) is 85.3 Å². The van der Waals surface area contributed by atoms with Crippen LogP contribution in [0.15, 0.2) is 0 Å². The molecular weight excluding hydrogens is 302 g/mol. The zero-order valence-electron chi connectivity index (χ0n) is 15.9. The largest absolute Gasteiger partial charge is 0.448 e. The van der Waals surface area contributed by atoms with Crippen LogP contribution in [0.3, 0.4) is 0 Å². The standard InChI is InChI=1S/C20H31NO3/c1-16(2)12-7-8-18(16,5)13(11-12)21-14(22)20-10-9-19(6,15(23)24-20)17(20,3)4/h12-13H,7-11H2,1-6H3,(H,21,22)/t12?,13-,18-,19-,20-/m1/s1. The van der Waals surface area contributed by atoms with Crippen LogP contribution in [0.2, 0.25) is 0 Å². The molecule has 1 saturated heterocycles. The van der Waals surface area contributed by atoms with E-state index in [2.05, 4.69) is 26.1 Å². The maximum Gasteiger partial charge on any atom is 0.313 e. The first-order valence-electron chi connectivity index (χ1n) is 9.47. The Hall–Kier alpha value is -1.06. The van der Waals surface area contributed by atoms with E-state index in [0.29, 0.717) is 12.3 Å². The van der Waals surface area contributed by atoms with Gasteiger partial charge in [-0.15, -0.1) is 0 Å². The van der Waals surface area contributed by atoms with Crippen molar-refractivity contribution in [2.75, 3.05) is 0 Å². The Labute approximate surface area is 145 Å². The van der Waals surface area contributed by atoms with Gasteiger partial charge in [-0.3, -0.25) is 9.59 Å². The lowest BCUT2D eigenvalue weighted by Crippen LogP contribution is -2.58. The Balaban J connectivity index is 1.62. The number of carbonyl (C=O) groups is 2. The molecule has 0 aromatic heterocycles. The van der Waals surface area contributed by atoms with Gasteiger partial charge in [0, 0.05) is 11.5 Å². The molecule has 4 fully saturated rings. The molecule has 4 aliphatic rings. The van der Waals surface area contributed by atoms with Gasteiger partial charge in [-0.25, -0.2) is 0 Å². The third-order valence-electron chi connectivity index (χ3n) is 9.55. The number of hydrogen-bond donors (Lipinski definition) is 1. The zero-order chi connectivity index (χ0) is 17.8. The van der Waals surface area contributed by atoms with Gasteiger partial charge in [-0.05, 0) is 55.8 Å². The molecule has 24 heavy (non-hydrogen) atoms. The van der Waals surface area contributed by atoms with Crippen LogP contribution in [0.25, 0.3) is 0 Å². The molecule has 134 valence electrons. The fraction of sp³-hybridized carbons (Fsp3) is 0.900. The van der Waals surface area contributed by atoms with Crippen molar-refractivity contribution in [1.29, 1.82) is 0 Å². The maximum atomic E-state index is 13.3. The molecule has 4 nitrogen and oxygen atoms in total. The van der Waals surface area contributed by atoms with Crippen molar-refractivity contribution >= 4 is 11.9 Å². The number of carbonyl (C=O) groups excluding carboxylic acids is 2. The second-order valence-electron chi connectivity index (χ2n) is 10.3. The summed E-state index contributed by atoms with van der Waals surface area (Å²) in [6.07, 6.45) is 4.87. The summed E-state index contributed by atoms with van der Waals surface area (Å²) in [7, 11) is 0. The molecule has 1 heterocycles. The van der Waals surface area contributed by atoms with Crippen molar-refractivity contribution < 1.29 is 14.3 Å². The van der Waals surface area contributed by atoms with Crippen molar-refractivity contribution in [3.8, 4) is 0 Å². The molecule has 3 saturated carbocycles. The summed E-state index contributed by atoms with van der Waals surface area (Å²) in [5.74, 6) is 0.420. The summed E-state index contributed by atoms with van der Waals surface area (Å²) in [6.45, 7) is 13.0. The summed E-state index contributed by atoms with van der Waals surface area (Å²) in [4.78, 5) is 25.7. The minimum Gasteiger partial charge on any atom is -0.448 e. The number of fused-ring (bicyclic) bond motifs is 4. The minimum absolute atomic E-state index is 0.0587. The second-order valence-corrected chi connectivity index (χ2v) is 10.3. The molecule has 4 heteroatoms. The third kappa shape index (κ3) is 1.44. The van der Waals surface area contributed by atoms with Gasteiger partial charge in [0.1, 0.15) is 0 Å². The Morgan fingerprint density at radius 3 is 2.17 bits per heavy atom. The van der Waals surface area contributed by atoms with Gasteiger partial charge in [-0.2, -0.15) is 0 Å². The predicted molar refractivity (Wildman–Crippen MR) is 91.1 cm³/mol. The molecule has 0 aromatic rings. The van der Waals surface area contributed by atoms with Crippen LogP contribution in [-0.4, -0.2) is 23.5 Å². The van der Waals surface area contributed by atoms with Gasteiger partial charge >= 0.3 is 5.97 Å². The van der Waals surface area contributed by atoms with E-state index in [1.54, 1.807) is 0 Å². The highest BCUT2D eigenvalue weighted by Gasteiger charge is 2.76. The number of amides is 1. The van der Waals surface area contributed by atoms with Gasteiger partial charge in [0.05, 0.1) is 5.41 Å². The quantitative estimate of drug-likeness (QED) is 0.788.